The average molecular weight is 314 g/mol. The van der Waals surface area contributed by atoms with E-state index in [9.17, 15) is 13.9 Å². The highest BCUT2D eigenvalue weighted by Crippen LogP contribution is 2.29. The number of aromatic nitrogens is 1. The predicted molar refractivity (Wildman–Crippen MR) is 67.1 cm³/mol. The summed E-state index contributed by atoms with van der Waals surface area (Å²) in [7, 11) is 0. The fourth-order valence-electron chi connectivity index (χ4n) is 1.71. The first-order valence-electron chi connectivity index (χ1n) is 5.23. The van der Waals surface area contributed by atoms with E-state index in [1.807, 2.05) is 0 Å². The Morgan fingerprint density at radius 1 is 1.17 bits per heavy atom. The van der Waals surface area contributed by atoms with Crippen molar-refractivity contribution >= 4 is 15.9 Å². The van der Waals surface area contributed by atoms with Crippen molar-refractivity contribution in [3.63, 3.8) is 0 Å². The molecule has 1 aromatic carbocycles. The Kier molecular flexibility index (Phi) is 3.73. The highest BCUT2D eigenvalue weighted by atomic mass is 79.9. The van der Waals surface area contributed by atoms with Crippen LogP contribution in [0.4, 0.5) is 8.78 Å². The van der Waals surface area contributed by atoms with Crippen LogP contribution in [0.5, 0.6) is 0 Å². The van der Waals surface area contributed by atoms with Crippen LogP contribution in [0, 0.1) is 18.6 Å². The molecule has 2 rings (SSSR count). The van der Waals surface area contributed by atoms with E-state index in [0.29, 0.717) is 5.56 Å². The summed E-state index contributed by atoms with van der Waals surface area (Å²) in [4.78, 5) is 3.89. The SMILES string of the molecule is Cc1cncc(C(O)c2c(F)cc(Br)cc2F)c1. The van der Waals surface area contributed by atoms with Gasteiger partial charge in [-0.05, 0) is 24.6 Å². The van der Waals surface area contributed by atoms with Gasteiger partial charge in [0.05, 0.1) is 5.56 Å². The lowest BCUT2D eigenvalue weighted by atomic mass is 10.0. The van der Waals surface area contributed by atoms with Crippen molar-refractivity contribution in [2.75, 3.05) is 0 Å². The van der Waals surface area contributed by atoms with Crippen LogP contribution in [0.1, 0.15) is 22.8 Å². The third-order valence-corrected chi connectivity index (χ3v) is 2.99. The molecule has 2 nitrogen and oxygen atoms in total. The summed E-state index contributed by atoms with van der Waals surface area (Å²) in [6.07, 6.45) is 1.62. The Bertz CT molecular complexity index is 566. The van der Waals surface area contributed by atoms with E-state index in [2.05, 4.69) is 20.9 Å². The second kappa shape index (κ2) is 5.12. The Balaban J connectivity index is 2.49. The summed E-state index contributed by atoms with van der Waals surface area (Å²) in [5.74, 6) is -1.59. The number of rotatable bonds is 2. The van der Waals surface area contributed by atoms with E-state index < -0.39 is 17.7 Å². The maximum Gasteiger partial charge on any atom is 0.133 e. The zero-order valence-electron chi connectivity index (χ0n) is 9.49. The molecule has 1 aromatic heterocycles. The van der Waals surface area contributed by atoms with E-state index in [0.717, 1.165) is 17.7 Å². The molecule has 2 aromatic rings. The van der Waals surface area contributed by atoms with Crippen molar-refractivity contribution in [2.24, 2.45) is 0 Å². The molecule has 18 heavy (non-hydrogen) atoms. The maximum atomic E-state index is 13.7. The van der Waals surface area contributed by atoms with Gasteiger partial charge in [-0.15, -0.1) is 0 Å². The molecular formula is C13H10BrF2NO. The van der Waals surface area contributed by atoms with Crippen LogP contribution in [0.15, 0.2) is 35.1 Å². The van der Waals surface area contributed by atoms with Gasteiger partial charge in [0.15, 0.2) is 0 Å². The number of pyridine rings is 1. The van der Waals surface area contributed by atoms with Gasteiger partial charge >= 0.3 is 0 Å². The summed E-state index contributed by atoms with van der Waals surface area (Å²) < 4.78 is 27.7. The molecule has 0 spiro atoms. The van der Waals surface area contributed by atoms with Crippen molar-refractivity contribution in [1.82, 2.24) is 4.98 Å². The zero-order chi connectivity index (χ0) is 13.3. The molecule has 0 aliphatic heterocycles. The smallest absolute Gasteiger partial charge is 0.133 e. The first-order chi connectivity index (χ1) is 8.49. The normalized spacial score (nSPS) is 12.5. The van der Waals surface area contributed by atoms with Crippen molar-refractivity contribution in [2.45, 2.75) is 13.0 Å². The Hall–Kier alpha value is -1.33. The third kappa shape index (κ3) is 2.57. The molecule has 1 heterocycles. The van der Waals surface area contributed by atoms with Crippen molar-refractivity contribution < 1.29 is 13.9 Å². The Morgan fingerprint density at radius 2 is 1.78 bits per heavy atom. The number of nitrogens with zero attached hydrogens (tertiary/aromatic N) is 1. The second-order valence-electron chi connectivity index (χ2n) is 3.98. The minimum atomic E-state index is -1.37. The van der Waals surface area contributed by atoms with Crippen LogP contribution in [0.3, 0.4) is 0 Å². The number of halogens is 3. The van der Waals surface area contributed by atoms with Crippen molar-refractivity contribution in [3.8, 4) is 0 Å². The van der Waals surface area contributed by atoms with Crippen LogP contribution in [-0.2, 0) is 0 Å². The van der Waals surface area contributed by atoms with E-state index in [4.69, 9.17) is 0 Å². The van der Waals surface area contributed by atoms with Gasteiger partial charge in [0.2, 0.25) is 0 Å². The lowest BCUT2D eigenvalue weighted by Gasteiger charge is -2.13. The van der Waals surface area contributed by atoms with Crippen LogP contribution in [0.25, 0.3) is 0 Å². The second-order valence-corrected chi connectivity index (χ2v) is 4.90. The van der Waals surface area contributed by atoms with Crippen molar-refractivity contribution in [3.05, 3.63) is 63.4 Å². The molecular weight excluding hydrogens is 304 g/mol. The summed E-state index contributed by atoms with van der Waals surface area (Å²) in [5, 5.41) is 10.0. The van der Waals surface area contributed by atoms with E-state index >= 15 is 0 Å². The third-order valence-electron chi connectivity index (χ3n) is 2.53. The fourth-order valence-corrected chi connectivity index (χ4v) is 2.11. The molecule has 0 aliphatic carbocycles. The Morgan fingerprint density at radius 3 is 2.33 bits per heavy atom. The minimum absolute atomic E-state index is 0.288. The molecule has 0 saturated carbocycles. The number of aliphatic hydroxyl groups is 1. The molecule has 1 N–H and O–H groups in total. The lowest BCUT2D eigenvalue weighted by molar-refractivity contribution is 0.208. The maximum absolute atomic E-state index is 13.7. The average Bonchev–Trinajstić information content (AvgIpc) is 2.27. The van der Waals surface area contributed by atoms with E-state index in [1.165, 1.54) is 6.20 Å². The summed E-state index contributed by atoms with van der Waals surface area (Å²) >= 11 is 2.99. The van der Waals surface area contributed by atoms with Gasteiger partial charge < -0.3 is 5.11 Å². The highest BCUT2D eigenvalue weighted by Gasteiger charge is 2.20. The van der Waals surface area contributed by atoms with Gasteiger partial charge in [0, 0.05) is 22.4 Å². The van der Waals surface area contributed by atoms with E-state index in [-0.39, 0.29) is 10.0 Å². The number of aryl methyl sites for hydroxylation is 1. The van der Waals surface area contributed by atoms with E-state index in [1.54, 1.807) is 19.2 Å². The van der Waals surface area contributed by atoms with Crippen LogP contribution in [0.2, 0.25) is 0 Å². The molecule has 1 atom stereocenters. The molecule has 5 heteroatoms. The highest BCUT2D eigenvalue weighted by molar-refractivity contribution is 9.10. The predicted octanol–water partition coefficient (Wildman–Crippen LogP) is 3.51. The monoisotopic (exact) mass is 313 g/mol. The molecule has 0 amide bonds. The number of benzene rings is 1. The summed E-state index contributed by atoms with van der Waals surface area (Å²) in [6.45, 7) is 1.79. The first kappa shape index (κ1) is 13.1. The minimum Gasteiger partial charge on any atom is -0.383 e. The van der Waals surface area contributed by atoms with Gasteiger partial charge in [-0.2, -0.15) is 0 Å². The van der Waals surface area contributed by atoms with Crippen LogP contribution in [-0.4, -0.2) is 10.1 Å². The Labute approximate surface area is 111 Å². The zero-order valence-corrected chi connectivity index (χ0v) is 11.1. The molecule has 1 unspecified atom stereocenters. The van der Waals surface area contributed by atoms with Crippen molar-refractivity contribution in [1.29, 1.82) is 0 Å². The topological polar surface area (TPSA) is 33.1 Å². The van der Waals surface area contributed by atoms with Crippen LogP contribution < -0.4 is 0 Å². The molecule has 0 bridgehead atoms. The van der Waals surface area contributed by atoms with Gasteiger partial charge in [0.1, 0.15) is 17.7 Å². The molecule has 94 valence electrons. The quantitative estimate of drug-likeness (QED) is 0.920. The molecule has 0 radical (unpaired) electrons. The summed E-state index contributed by atoms with van der Waals surface area (Å²) in [5.41, 5.74) is 0.796. The standard InChI is InChI=1S/C13H10BrF2NO/c1-7-2-8(6-17-5-7)13(18)12-10(15)3-9(14)4-11(12)16/h2-6,13,18H,1H3. The van der Waals surface area contributed by atoms with Gasteiger partial charge in [-0.25, -0.2) is 8.78 Å². The molecule has 0 saturated heterocycles. The lowest BCUT2D eigenvalue weighted by Crippen LogP contribution is -2.06. The van der Waals surface area contributed by atoms with Gasteiger partial charge in [-0.3, -0.25) is 4.98 Å². The van der Waals surface area contributed by atoms with Crippen LogP contribution >= 0.6 is 15.9 Å². The number of aliphatic hydroxyl groups excluding tert-OH is 1. The van der Waals surface area contributed by atoms with Gasteiger partial charge in [0.25, 0.3) is 0 Å². The van der Waals surface area contributed by atoms with Gasteiger partial charge in [-0.1, -0.05) is 22.0 Å². The molecule has 0 aliphatic rings. The number of hydrogen-bond acceptors (Lipinski definition) is 2. The number of hydrogen-bond donors (Lipinski definition) is 1. The molecule has 0 fully saturated rings. The largest absolute Gasteiger partial charge is 0.383 e. The fraction of sp³-hybridized carbons (Fsp3) is 0.154. The first-order valence-corrected chi connectivity index (χ1v) is 6.02. The summed E-state index contributed by atoms with van der Waals surface area (Å²) in [6, 6.07) is 3.87.